The van der Waals surface area contributed by atoms with E-state index in [9.17, 15) is 9.59 Å². The number of hydrogen-bond donors (Lipinski definition) is 0. The topological polar surface area (TPSA) is 52.6 Å². The van der Waals surface area contributed by atoms with Crippen LogP contribution in [0.25, 0.3) is 22.3 Å². The van der Waals surface area contributed by atoms with Gasteiger partial charge in [0.1, 0.15) is 0 Å². The molecule has 0 saturated heterocycles. The van der Waals surface area contributed by atoms with Crippen molar-refractivity contribution in [1.82, 2.24) is 0 Å². The van der Waals surface area contributed by atoms with E-state index < -0.39 is 11.9 Å². The molecule has 0 aromatic heterocycles. The van der Waals surface area contributed by atoms with Gasteiger partial charge in [-0.3, -0.25) is 0 Å². The van der Waals surface area contributed by atoms with Crippen molar-refractivity contribution < 1.29 is 19.4 Å². The van der Waals surface area contributed by atoms with Crippen LogP contribution < -0.4 is 0 Å². The highest BCUT2D eigenvalue weighted by Gasteiger charge is 2.20. The summed E-state index contributed by atoms with van der Waals surface area (Å²) in [4.78, 5) is 33.6. The molecule has 2 aliphatic rings. The van der Waals surface area contributed by atoms with E-state index in [4.69, 9.17) is 4.89 Å². The summed E-state index contributed by atoms with van der Waals surface area (Å²) in [6.45, 7) is 0. The van der Waals surface area contributed by atoms with Gasteiger partial charge in [0.25, 0.3) is 0 Å². The molecule has 3 aromatic rings. The second kappa shape index (κ2) is 5.66. The molecular weight excluding hydrogens is 304 g/mol. The second-order valence-corrected chi connectivity index (χ2v) is 5.45. The first-order valence-electron chi connectivity index (χ1n) is 7.45. The fourth-order valence-corrected chi connectivity index (χ4v) is 2.73. The Bertz CT molecular complexity index is 928. The smallest absolute Gasteiger partial charge is 0.242 e. The first-order valence-corrected chi connectivity index (χ1v) is 7.45. The van der Waals surface area contributed by atoms with Crippen molar-refractivity contribution in [3.63, 3.8) is 0 Å². The van der Waals surface area contributed by atoms with E-state index in [1.165, 1.54) is 0 Å². The number of fused-ring (bicyclic) bond motifs is 2. The van der Waals surface area contributed by atoms with E-state index in [0.29, 0.717) is 11.1 Å². The number of benzene rings is 3. The number of hydrogen-bond acceptors (Lipinski definition) is 4. The van der Waals surface area contributed by atoms with Crippen LogP contribution in [0.3, 0.4) is 0 Å². The molecule has 4 bridgehead atoms. The average Bonchev–Trinajstić information content (AvgIpc) is 2.86. The van der Waals surface area contributed by atoms with Gasteiger partial charge < -0.3 is 0 Å². The van der Waals surface area contributed by atoms with Crippen LogP contribution >= 0.6 is 0 Å². The Morgan fingerprint density at radius 1 is 0.625 bits per heavy atom. The van der Waals surface area contributed by atoms with Crippen LogP contribution in [-0.2, 0) is 9.78 Å². The van der Waals surface area contributed by atoms with Crippen molar-refractivity contribution in [2.24, 2.45) is 0 Å². The molecular formula is C20H12O4. The third-order valence-corrected chi connectivity index (χ3v) is 3.97. The van der Waals surface area contributed by atoms with E-state index in [2.05, 4.69) is 4.89 Å². The van der Waals surface area contributed by atoms with Crippen LogP contribution in [0.4, 0.5) is 0 Å². The Balaban J connectivity index is 1.55. The minimum Gasteiger partial charge on any atom is -0.242 e. The van der Waals surface area contributed by atoms with Gasteiger partial charge in [-0.25, -0.2) is 19.4 Å². The maximum absolute atomic E-state index is 12.3. The van der Waals surface area contributed by atoms with Crippen LogP contribution in [0, 0.1) is 0 Å². The van der Waals surface area contributed by atoms with E-state index >= 15 is 0 Å². The molecule has 2 aliphatic carbocycles. The Morgan fingerprint density at radius 2 is 1.25 bits per heavy atom. The van der Waals surface area contributed by atoms with Gasteiger partial charge >= 0.3 is 11.9 Å². The van der Waals surface area contributed by atoms with Crippen LogP contribution in [0.15, 0.2) is 72.8 Å². The molecule has 0 fully saturated rings. The lowest BCUT2D eigenvalue weighted by Crippen LogP contribution is -2.12. The molecule has 0 atom stereocenters. The molecule has 0 N–H and O–H groups in total. The summed E-state index contributed by atoms with van der Waals surface area (Å²) in [5, 5.41) is 0. The lowest BCUT2D eigenvalue weighted by Gasteiger charge is -2.08. The first kappa shape index (κ1) is 14.2. The first-order chi connectivity index (χ1) is 11.7. The summed E-state index contributed by atoms with van der Waals surface area (Å²) >= 11 is 0. The Morgan fingerprint density at radius 3 is 2.00 bits per heavy atom. The predicted molar refractivity (Wildman–Crippen MR) is 88.1 cm³/mol. The molecule has 0 amide bonds. The highest BCUT2D eigenvalue weighted by molar-refractivity contribution is 6.00. The minimum atomic E-state index is -0.713. The highest BCUT2D eigenvalue weighted by Crippen LogP contribution is 2.35. The molecule has 116 valence electrons. The number of carbonyl (C=O) groups is 2. The summed E-state index contributed by atoms with van der Waals surface area (Å²) in [6.07, 6.45) is 0. The van der Waals surface area contributed by atoms with Crippen LogP contribution in [0.1, 0.15) is 20.7 Å². The van der Waals surface area contributed by atoms with Crippen molar-refractivity contribution in [2.45, 2.75) is 0 Å². The number of rotatable bonds is 2. The van der Waals surface area contributed by atoms with Gasteiger partial charge in [-0.1, -0.05) is 48.5 Å². The fourth-order valence-electron chi connectivity index (χ4n) is 2.73. The van der Waals surface area contributed by atoms with Crippen LogP contribution in [-0.4, -0.2) is 11.9 Å². The molecule has 0 spiro atoms. The third kappa shape index (κ3) is 2.44. The predicted octanol–water partition coefficient (Wildman–Crippen LogP) is 4.26. The van der Waals surface area contributed by atoms with Gasteiger partial charge in [-0.05, 0) is 46.5 Å². The Labute approximate surface area is 138 Å². The molecule has 5 rings (SSSR count). The van der Waals surface area contributed by atoms with Crippen molar-refractivity contribution >= 4 is 11.9 Å². The molecule has 0 radical (unpaired) electrons. The molecule has 0 heterocycles. The zero-order valence-corrected chi connectivity index (χ0v) is 12.6. The fraction of sp³-hybridized carbons (Fsp3) is 0. The molecule has 0 saturated carbocycles. The van der Waals surface area contributed by atoms with Crippen LogP contribution in [0.2, 0.25) is 0 Å². The quantitative estimate of drug-likeness (QED) is 0.409. The maximum Gasteiger partial charge on any atom is 0.386 e. The highest BCUT2D eigenvalue weighted by atomic mass is 17.2. The standard InChI is InChI=1S/C20H12O4/c21-19(15-4-2-1-3-5-15)23-24-20(22)17-11-10-16-12-18(17)14-8-6-13(16)7-9-14/h1-12H. The van der Waals surface area contributed by atoms with Gasteiger partial charge in [-0.15, -0.1) is 0 Å². The van der Waals surface area contributed by atoms with Gasteiger partial charge in [0.2, 0.25) is 0 Å². The van der Waals surface area contributed by atoms with Gasteiger partial charge in [0.15, 0.2) is 0 Å². The zero-order valence-electron chi connectivity index (χ0n) is 12.6. The van der Waals surface area contributed by atoms with E-state index in [1.807, 2.05) is 36.4 Å². The van der Waals surface area contributed by atoms with E-state index in [1.54, 1.807) is 36.4 Å². The van der Waals surface area contributed by atoms with Gasteiger partial charge in [0, 0.05) is 0 Å². The summed E-state index contributed by atoms with van der Waals surface area (Å²) in [6, 6.07) is 21.7. The summed E-state index contributed by atoms with van der Waals surface area (Å²) in [7, 11) is 0. The normalized spacial score (nSPS) is 10.8. The zero-order chi connectivity index (χ0) is 16.5. The molecule has 0 unspecified atom stereocenters. The average molecular weight is 316 g/mol. The maximum atomic E-state index is 12.3. The molecule has 24 heavy (non-hydrogen) atoms. The minimum absolute atomic E-state index is 0.314. The Hall–Kier alpha value is -3.40. The summed E-state index contributed by atoms with van der Waals surface area (Å²) in [5.74, 6) is -1.42. The summed E-state index contributed by atoms with van der Waals surface area (Å²) < 4.78 is 0. The van der Waals surface area contributed by atoms with E-state index in [-0.39, 0.29) is 0 Å². The molecule has 3 aromatic carbocycles. The van der Waals surface area contributed by atoms with Gasteiger partial charge in [-0.2, -0.15) is 0 Å². The lowest BCUT2D eigenvalue weighted by atomic mass is 10.0. The number of carbonyl (C=O) groups excluding carboxylic acids is 2. The van der Waals surface area contributed by atoms with Crippen molar-refractivity contribution in [1.29, 1.82) is 0 Å². The SMILES string of the molecule is O=C(OOC(=O)c1ccc2cc1-c1ccc-2cc1)c1ccccc1. The molecule has 4 nitrogen and oxygen atoms in total. The lowest BCUT2D eigenvalue weighted by molar-refractivity contribution is -0.187. The van der Waals surface area contributed by atoms with E-state index in [0.717, 1.165) is 22.3 Å². The monoisotopic (exact) mass is 316 g/mol. The van der Waals surface area contributed by atoms with Crippen molar-refractivity contribution in [3.05, 3.63) is 83.9 Å². The Kier molecular flexibility index (Phi) is 3.35. The van der Waals surface area contributed by atoms with Crippen molar-refractivity contribution in [3.8, 4) is 22.3 Å². The van der Waals surface area contributed by atoms with Gasteiger partial charge in [0.05, 0.1) is 11.1 Å². The largest absolute Gasteiger partial charge is 0.386 e. The van der Waals surface area contributed by atoms with Crippen LogP contribution in [0.5, 0.6) is 0 Å². The second-order valence-electron chi connectivity index (χ2n) is 5.45. The summed E-state index contributed by atoms with van der Waals surface area (Å²) in [5.41, 5.74) is 4.46. The molecule has 4 heteroatoms. The third-order valence-electron chi connectivity index (χ3n) is 3.97. The van der Waals surface area contributed by atoms with Crippen molar-refractivity contribution in [2.75, 3.05) is 0 Å². The molecule has 0 aliphatic heterocycles.